The molecule has 0 spiro atoms. The summed E-state index contributed by atoms with van der Waals surface area (Å²) < 4.78 is 5.22. The first kappa shape index (κ1) is 18.5. The van der Waals surface area contributed by atoms with Gasteiger partial charge in [0.25, 0.3) is 0 Å². The Balaban J connectivity index is 2.09. The van der Waals surface area contributed by atoms with Crippen LogP contribution >= 0.6 is 0 Å². The number of benzene rings is 2. The molecule has 2 aromatic carbocycles. The summed E-state index contributed by atoms with van der Waals surface area (Å²) in [4.78, 5) is 0. The van der Waals surface area contributed by atoms with Crippen molar-refractivity contribution in [2.45, 2.75) is 32.7 Å². The van der Waals surface area contributed by atoms with E-state index in [-0.39, 0.29) is 18.1 Å². The minimum Gasteiger partial charge on any atom is -0.497 e. The summed E-state index contributed by atoms with van der Waals surface area (Å²) in [6.07, 6.45) is 0. The highest BCUT2D eigenvalue weighted by atomic mass is 16.5. The van der Waals surface area contributed by atoms with Gasteiger partial charge in [-0.05, 0) is 29.2 Å². The third-order valence-electron chi connectivity index (χ3n) is 4.63. The van der Waals surface area contributed by atoms with Crippen LogP contribution in [-0.2, 0) is 0 Å². The quantitative estimate of drug-likeness (QED) is 0.765. The molecule has 0 fully saturated rings. The second-order valence-corrected chi connectivity index (χ2v) is 7.07. The van der Waals surface area contributed by atoms with Crippen LogP contribution in [0.3, 0.4) is 0 Å². The lowest BCUT2D eigenvalue weighted by molar-refractivity contribution is 0.115. The largest absolute Gasteiger partial charge is 0.497 e. The number of hydrogen-bond donors (Lipinski definition) is 2. The Labute approximate surface area is 145 Å². The predicted octanol–water partition coefficient (Wildman–Crippen LogP) is 4.15. The first-order chi connectivity index (χ1) is 11.5. The van der Waals surface area contributed by atoms with Gasteiger partial charge < -0.3 is 15.2 Å². The van der Waals surface area contributed by atoms with Crippen molar-refractivity contribution in [1.29, 1.82) is 0 Å². The number of rotatable bonds is 8. The highest BCUT2D eigenvalue weighted by Gasteiger charge is 2.30. The molecule has 2 rings (SSSR count). The number of aliphatic hydroxyl groups excluding tert-OH is 1. The van der Waals surface area contributed by atoms with Gasteiger partial charge in [-0.25, -0.2) is 0 Å². The van der Waals surface area contributed by atoms with Crippen LogP contribution in [0, 0.1) is 5.41 Å². The highest BCUT2D eigenvalue weighted by molar-refractivity contribution is 5.29. The van der Waals surface area contributed by atoms with Crippen molar-refractivity contribution >= 4 is 0 Å². The van der Waals surface area contributed by atoms with E-state index in [1.807, 2.05) is 30.3 Å². The van der Waals surface area contributed by atoms with Gasteiger partial charge in [0.15, 0.2) is 0 Å². The van der Waals surface area contributed by atoms with Crippen LogP contribution in [0.1, 0.15) is 43.9 Å². The third kappa shape index (κ3) is 4.59. The Morgan fingerprint density at radius 3 is 2.17 bits per heavy atom. The van der Waals surface area contributed by atoms with E-state index in [0.717, 1.165) is 12.3 Å². The summed E-state index contributed by atoms with van der Waals surface area (Å²) in [6.45, 7) is 7.38. The smallest absolute Gasteiger partial charge is 0.118 e. The summed E-state index contributed by atoms with van der Waals surface area (Å²) in [5.41, 5.74) is 2.25. The Hall–Kier alpha value is -1.84. The fourth-order valence-corrected chi connectivity index (χ4v) is 2.93. The van der Waals surface area contributed by atoms with Crippen molar-refractivity contribution < 1.29 is 9.84 Å². The maximum atomic E-state index is 9.81. The molecule has 24 heavy (non-hydrogen) atoms. The summed E-state index contributed by atoms with van der Waals surface area (Å²) >= 11 is 0. The molecule has 0 saturated carbocycles. The van der Waals surface area contributed by atoms with E-state index >= 15 is 0 Å². The van der Waals surface area contributed by atoms with Crippen molar-refractivity contribution in [2.75, 3.05) is 20.3 Å². The molecule has 0 saturated heterocycles. The average Bonchev–Trinajstić information content (AvgIpc) is 2.62. The van der Waals surface area contributed by atoms with Crippen molar-refractivity contribution in [3.63, 3.8) is 0 Å². The molecule has 0 aromatic heterocycles. The molecule has 0 radical (unpaired) electrons. The second-order valence-electron chi connectivity index (χ2n) is 7.07. The van der Waals surface area contributed by atoms with Crippen LogP contribution in [0.4, 0.5) is 0 Å². The van der Waals surface area contributed by atoms with Gasteiger partial charge in [0, 0.05) is 24.6 Å². The normalized spacial score (nSPS) is 14.2. The summed E-state index contributed by atoms with van der Waals surface area (Å²) in [7, 11) is 1.68. The molecule has 2 N–H and O–H groups in total. The molecular formula is C21H29NO2. The molecule has 0 bridgehead atoms. The van der Waals surface area contributed by atoms with Gasteiger partial charge in [0.05, 0.1) is 7.11 Å². The Morgan fingerprint density at radius 2 is 1.62 bits per heavy atom. The summed E-state index contributed by atoms with van der Waals surface area (Å²) in [5, 5.41) is 13.5. The fourth-order valence-electron chi connectivity index (χ4n) is 2.93. The minimum atomic E-state index is -0.235. The van der Waals surface area contributed by atoms with E-state index < -0.39 is 0 Å². The van der Waals surface area contributed by atoms with Gasteiger partial charge in [-0.3, -0.25) is 0 Å². The maximum absolute atomic E-state index is 9.81. The number of hydrogen-bond acceptors (Lipinski definition) is 3. The second kappa shape index (κ2) is 8.32. The molecule has 2 aromatic rings. The van der Waals surface area contributed by atoms with Crippen LogP contribution in [0.5, 0.6) is 5.75 Å². The molecule has 0 amide bonds. The SMILES string of the molecule is COc1ccc([C@H](C)CN[C@@H](c2ccccc2)C(C)(C)CO)cc1. The number of ether oxygens (including phenoxy) is 1. The van der Waals surface area contributed by atoms with Crippen molar-refractivity contribution in [2.24, 2.45) is 5.41 Å². The zero-order valence-corrected chi connectivity index (χ0v) is 15.1. The predicted molar refractivity (Wildman–Crippen MR) is 99.5 cm³/mol. The van der Waals surface area contributed by atoms with Crippen LogP contribution < -0.4 is 10.1 Å². The van der Waals surface area contributed by atoms with Gasteiger partial charge in [0.2, 0.25) is 0 Å². The average molecular weight is 327 g/mol. The first-order valence-electron chi connectivity index (χ1n) is 8.51. The Kier molecular flexibility index (Phi) is 6.41. The maximum Gasteiger partial charge on any atom is 0.118 e. The monoisotopic (exact) mass is 327 g/mol. The van der Waals surface area contributed by atoms with E-state index in [1.54, 1.807) is 7.11 Å². The van der Waals surface area contributed by atoms with Gasteiger partial charge in [-0.2, -0.15) is 0 Å². The lowest BCUT2D eigenvalue weighted by Gasteiger charge is -2.35. The highest BCUT2D eigenvalue weighted by Crippen LogP contribution is 2.33. The summed E-state index contributed by atoms with van der Waals surface area (Å²) in [6, 6.07) is 18.7. The van der Waals surface area contributed by atoms with Gasteiger partial charge >= 0.3 is 0 Å². The van der Waals surface area contributed by atoms with Crippen LogP contribution in [-0.4, -0.2) is 25.4 Å². The van der Waals surface area contributed by atoms with Crippen LogP contribution in [0.25, 0.3) is 0 Å². The van der Waals surface area contributed by atoms with Crippen molar-refractivity contribution in [1.82, 2.24) is 5.32 Å². The Bertz CT molecular complexity index is 607. The number of nitrogens with one attached hydrogen (secondary N) is 1. The van der Waals surface area contributed by atoms with Crippen molar-refractivity contribution in [3.8, 4) is 5.75 Å². The molecule has 0 unspecified atom stereocenters. The van der Waals surface area contributed by atoms with E-state index in [1.165, 1.54) is 11.1 Å². The molecular weight excluding hydrogens is 298 g/mol. The van der Waals surface area contributed by atoms with E-state index in [0.29, 0.717) is 5.92 Å². The molecule has 0 aliphatic heterocycles. The zero-order valence-electron chi connectivity index (χ0n) is 15.1. The molecule has 130 valence electrons. The van der Waals surface area contributed by atoms with Gasteiger partial charge in [-0.1, -0.05) is 63.2 Å². The number of aliphatic hydroxyl groups is 1. The molecule has 3 nitrogen and oxygen atoms in total. The van der Waals surface area contributed by atoms with E-state index in [4.69, 9.17) is 4.74 Å². The summed E-state index contributed by atoms with van der Waals surface area (Å²) in [5.74, 6) is 1.25. The van der Waals surface area contributed by atoms with Gasteiger partial charge in [-0.15, -0.1) is 0 Å². The van der Waals surface area contributed by atoms with Crippen LogP contribution in [0.15, 0.2) is 54.6 Å². The fraction of sp³-hybridized carbons (Fsp3) is 0.429. The first-order valence-corrected chi connectivity index (χ1v) is 8.51. The number of methoxy groups -OCH3 is 1. The molecule has 2 atom stereocenters. The van der Waals surface area contributed by atoms with E-state index in [2.05, 4.69) is 50.4 Å². The Morgan fingerprint density at radius 1 is 1.00 bits per heavy atom. The lowest BCUT2D eigenvalue weighted by atomic mass is 9.81. The van der Waals surface area contributed by atoms with Crippen LogP contribution in [0.2, 0.25) is 0 Å². The standard InChI is InChI=1S/C21H29NO2/c1-16(17-10-12-19(24-4)13-11-17)14-22-20(21(2,3)15-23)18-8-6-5-7-9-18/h5-13,16,20,22-23H,14-15H2,1-4H3/t16-,20+/m1/s1. The molecule has 0 aliphatic carbocycles. The zero-order chi connectivity index (χ0) is 17.6. The third-order valence-corrected chi connectivity index (χ3v) is 4.63. The molecule has 0 heterocycles. The van der Waals surface area contributed by atoms with Crippen molar-refractivity contribution in [3.05, 3.63) is 65.7 Å². The lowest BCUT2D eigenvalue weighted by Crippen LogP contribution is -2.38. The topological polar surface area (TPSA) is 41.5 Å². The minimum absolute atomic E-state index is 0.101. The van der Waals surface area contributed by atoms with E-state index in [9.17, 15) is 5.11 Å². The molecule has 0 aliphatic rings. The van der Waals surface area contributed by atoms with Gasteiger partial charge in [0.1, 0.15) is 5.75 Å². The molecule has 3 heteroatoms.